The Morgan fingerprint density at radius 2 is 2.40 bits per heavy atom. The van der Waals surface area contributed by atoms with Crippen LogP contribution in [-0.2, 0) is 0 Å². The van der Waals surface area contributed by atoms with E-state index in [1.165, 1.54) is 24.4 Å². The van der Waals surface area contributed by atoms with Crippen molar-refractivity contribution >= 4 is 22.4 Å². The van der Waals surface area contributed by atoms with Gasteiger partial charge in [0, 0.05) is 12.1 Å². The lowest BCUT2D eigenvalue weighted by Gasteiger charge is -2.35. The summed E-state index contributed by atoms with van der Waals surface area (Å²) in [6.07, 6.45) is 3.45. The molecule has 0 aromatic carbocycles. The number of aliphatic hydroxyl groups excluding tert-OH is 1. The molecule has 1 unspecified atom stereocenters. The average Bonchev–Trinajstić information content (AvgIpc) is 2.60. The van der Waals surface area contributed by atoms with Crippen LogP contribution in [0.15, 0.2) is 0 Å². The topological polar surface area (TPSA) is 62.4 Å². The van der Waals surface area contributed by atoms with Gasteiger partial charge < -0.3 is 15.7 Å². The van der Waals surface area contributed by atoms with Crippen molar-refractivity contribution in [2.75, 3.05) is 23.8 Å². The Hall–Kier alpha value is -0.810. The SMILES string of the molecule is Cc1c(N)nsc1N1CCCCC1CO. The second-order valence-corrected chi connectivity index (χ2v) is 4.78. The number of nitrogens with zero attached hydrogens (tertiary/aromatic N) is 2. The molecule has 0 saturated carbocycles. The van der Waals surface area contributed by atoms with Gasteiger partial charge in [-0.05, 0) is 37.7 Å². The lowest BCUT2D eigenvalue weighted by molar-refractivity contribution is 0.240. The Balaban J connectivity index is 2.24. The lowest BCUT2D eigenvalue weighted by atomic mass is 10.0. The fourth-order valence-corrected chi connectivity index (χ4v) is 2.97. The minimum Gasteiger partial charge on any atom is -0.394 e. The summed E-state index contributed by atoms with van der Waals surface area (Å²) in [5, 5.41) is 10.5. The summed E-state index contributed by atoms with van der Waals surface area (Å²) in [7, 11) is 0. The van der Waals surface area contributed by atoms with Gasteiger partial charge in [-0.1, -0.05) is 0 Å². The van der Waals surface area contributed by atoms with E-state index in [0.717, 1.165) is 23.5 Å². The van der Waals surface area contributed by atoms with E-state index >= 15 is 0 Å². The van der Waals surface area contributed by atoms with E-state index in [9.17, 15) is 5.11 Å². The highest BCUT2D eigenvalue weighted by atomic mass is 32.1. The first-order chi connectivity index (χ1) is 7.24. The molecule has 0 amide bonds. The molecule has 0 aliphatic carbocycles. The smallest absolute Gasteiger partial charge is 0.142 e. The highest BCUT2D eigenvalue weighted by molar-refractivity contribution is 7.10. The van der Waals surface area contributed by atoms with Crippen molar-refractivity contribution in [1.29, 1.82) is 0 Å². The number of hydrogen-bond acceptors (Lipinski definition) is 5. The first kappa shape index (κ1) is 10.7. The van der Waals surface area contributed by atoms with Crippen LogP contribution in [0.3, 0.4) is 0 Å². The third kappa shape index (κ3) is 1.94. The summed E-state index contributed by atoms with van der Waals surface area (Å²) in [6.45, 7) is 3.22. The van der Waals surface area contributed by atoms with Crippen molar-refractivity contribution in [2.45, 2.75) is 32.2 Å². The quantitative estimate of drug-likeness (QED) is 0.801. The van der Waals surface area contributed by atoms with Crippen LogP contribution in [0.2, 0.25) is 0 Å². The molecule has 1 aromatic rings. The van der Waals surface area contributed by atoms with Gasteiger partial charge in [-0.25, -0.2) is 0 Å². The van der Waals surface area contributed by atoms with E-state index in [4.69, 9.17) is 5.73 Å². The van der Waals surface area contributed by atoms with Crippen LogP contribution in [0.1, 0.15) is 24.8 Å². The van der Waals surface area contributed by atoms with Crippen molar-refractivity contribution in [3.8, 4) is 0 Å². The Morgan fingerprint density at radius 1 is 1.60 bits per heavy atom. The van der Waals surface area contributed by atoms with E-state index in [-0.39, 0.29) is 12.6 Å². The van der Waals surface area contributed by atoms with E-state index in [1.54, 1.807) is 0 Å². The van der Waals surface area contributed by atoms with Gasteiger partial charge in [0.2, 0.25) is 0 Å². The van der Waals surface area contributed by atoms with Gasteiger partial charge in [0.25, 0.3) is 0 Å². The van der Waals surface area contributed by atoms with Gasteiger partial charge in [-0.2, -0.15) is 4.37 Å². The number of rotatable bonds is 2. The van der Waals surface area contributed by atoms with E-state index in [2.05, 4.69) is 9.27 Å². The molecule has 0 spiro atoms. The van der Waals surface area contributed by atoms with E-state index < -0.39 is 0 Å². The van der Waals surface area contributed by atoms with Crippen molar-refractivity contribution < 1.29 is 5.11 Å². The number of anilines is 2. The summed E-state index contributed by atoms with van der Waals surface area (Å²) in [5.41, 5.74) is 6.80. The van der Waals surface area contributed by atoms with Crippen LogP contribution in [0, 0.1) is 6.92 Å². The molecule has 2 heterocycles. The van der Waals surface area contributed by atoms with Crippen LogP contribution in [0.25, 0.3) is 0 Å². The molecular formula is C10H17N3OS. The lowest BCUT2D eigenvalue weighted by Crippen LogP contribution is -2.41. The van der Waals surface area contributed by atoms with Gasteiger partial charge in [0.1, 0.15) is 10.8 Å². The van der Waals surface area contributed by atoms with Crippen LogP contribution in [0.4, 0.5) is 10.8 Å². The minimum atomic E-state index is 0.219. The standard InChI is InChI=1S/C10H17N3OS/c1-7-9(11)12-15-10(7)13-5-3-2-4-8(13)6-14/h8,14H,2-6H2,1H3,(H2,11,12). The van der Waals surface area contributed by atoms with Gasteiger partial charge in [-0.3, -0.25) is 0 Å². The summed E-state index contributed by atoms with van der Waals surface area (Å²) < 4.78 is 4.16. The molecule has 3 N–H and O–H groups in total. The fraction of sp³-hybridized carbons (Fsp3) is 0.700. The Morgan fingerprint density at radius 3 is 3.00 bits per heavy atom. The summed E-state index contributed by atoms with van der Waals surface area (Å²) in [4.78, 5) is 2.26. The van der Waals surface area contributed by atoms with Crippen molar-refractivity contribution in [3.63, 3.8) is 0 Å². The monoisotopic (exact) mass is 227 g/mol. The molecule has 0 radical (unpaired) electrons. The average molecular weight is 227 g/mol. The zero-order chi connectivity index (χ0) is 10.8. The molecular weight excluding hydrogens is 210 g/mol. The summed E-state index contributed by atoms with van der Waals surface area (Å²) in [5.74, 6) is 0.622. The highest BCUT2D eigenvalue weighted by Gasteiger charge is 2.25. The molecule has 0 bridgehead atoms. The van der Waals surface area contributed by atoms with Crippen LogP contribution in [0.5, 0.6) is 0 Å². The van der Waals surface area contributed by atoms with E-state index in [0.29, 0.717) is 5.82 Å². The molecule has 2 rings (SSSR count). The molecule has 1 saturated heterocycles. The first-order valence-electron chi connectivity index (χ1n) is 5.33. The maximum absolute atomic E-state index is 9.33. The second kappa shape index (κ2) is 4.37. The molecule has 1 fully saturated rings. The van der Waals surface area contributed by atoms with Gasteiger partial charge in [0.15, 0.2) is 0 Å². The second-order valence-electron chi connectivity index (χ2n) is 4.02. The maximum Gasteiger partial charge on any atom is 0.142 e. The molecule has 84 valence electrons. The molecule has 4 nitrogen and oxygen atoms in total. The highest BCUT2D eigenvalue weighted by Crippen LogP contribution is 2.33. The van der Waals surface area contributed by atoms with Crippen molar-refractivity contribution in [1.82, 2.24) is 4.37 Å². The zero-order valence-corrected chi connectivity index (χ0v) is 9.76. The Kier molecular flexibility index (Phi) is 3.11. The number of hydrogen-bond donors (Lipinski definition) is 2. The Labute approximate surface area is 93.9 Å². The molecule has 15 heavy (non-hydrogen) atoms. The summed E-state index contributed by atoms with van der Waals surface area (Å²) >= 11 is 1.44. The van der Waals surface area contributed by atoms with Crippen LogP contribution in [-0.4, -0.2) is 28.7 Å². The number of piperidine rings is 1. The van der Waals surface area contributed by atoms with Gasteiger partial charge in [-0.15, -0.1) is 0 Å². The zero-order valence-electron chi connectivity index (χ0n) is 8.94. The predicted molar refractivity (Wildman–Crippen MR) is 63.3 cm³/mol. The van der Waals surface area contributed by atoms with Crippen LogP contribution < -0.4 is 10.6 Å². The third-order valence-corrected chi connectivity index (χ3v) is 4.04. The van der Waals surface area contributed by atoms with E-state index in [1.807, 2.05) is 6.92 Å². The number of nitrogen functional groups attached to an aromatic ring is 1. The van der Waals surface area contributed by atoms with Gasteiger partial charge in [0.05, 0.1) is 12.6 Å². The fourth-order valence-electron chi connectivity index (χ4n) is 2.06. The molecule has 1 aromatic heterocycles. The third-order valence-electron chi connectivity index (χ3n) is 3.03. The molecule has 1 aliphatic rings. The molecule has 1 atom stereocenters. The van der Waals surface area contributed by atoms with Crippen LogP contribution >= 0.6 is 11.5 Å². The van der Waals surface area contributed by atoms with Crippen molar-refractivity contribution in [3.05, 3.63) is 5.56 Å². The van der Waals surface area contributed by atoms with Gasteiger partial charge >= 0.3 is 0 Å². The summed E-state index contributed by atoms with van der Waals surface area (Å²) in [6, 6.07) is 0.247. The molecule has 5 heteroatoms. The predicted octanol–water partition coefficient (Wildman–Crippen LogP) is 1.38. The van der Waals surface area contributed by atoms with Crippen molar-refractivity contribution in [2.24, 2.45) is 0 Å². The number of aliphatic hydroxyl groups is 1. The first-order valence-corrected chi connectivity index (χ1v) is 6.10. The minimum absolute atomic E-state index is 0.219. The largest absolute Gasteiger partial charge is 0.394 e. The normalized spacial score (nSPS) is 22.0. The molecule has 1 aliphatic heterocycles. The maximum atomic E-state index is 9.33. The number of aromatic nitrogens is 1. The number of nitrogens with two attached hydrogens (primary N) is 1. The Bertz CT molecular complexity index is 339.